The molecule has 0 heterocycles. The van der Waals surface area contributed by atoms with Crippen LogP contribution >= 0.6 is 0 Å². The molecular weight excluding hydrogens is 352 g/mol. The summed E-state index contributed by atoms with van der Waals surface area (Å²) in [5, 5.41) is 9.59. The van der Waals surface area contributed by atoms with Crippen molar-refractivity contribution in [3.05, 3.63) is 35.4 Å². The first-order chi connectivity index (χ1) is 13.6. The molecule has 0 unspecified atom stereocenters. The van der Waals surface area contributed by atoms with Crippen LogP contribution in [0.2, 0.25) is 0 Å². The molecule has 6 heteroatoms. The Morgan fingerprint density at radius 1 is 1.18 bits per heavy atom. The van der Waals surface area contributed by atoms with Gasteiger partial charge in [-0.15, -0.1) is 0 Å². The lowest BCUT2D eigenvalue weighted by atomic mass is 9.83. The first-order valence-corrected chi connectivity index (χ1v) is 10.4. The normalized spacial score (nSPS) is 16.0. The number of rotatable bonds is 10. The number of nitrogens with zero attached hydrogens (tertiary/aromatic N) is 1. The summed E-state index contributed by atoms with van der Waals surface area (Å²) in [6.45, 7) is 7.66. The van der Waals surface area contributed by atoms with Crippen molar-refractivity contribution in [2.24, 2.45) is 10.4 Å². The van der Waals surface area contributed by atoms with Gasteiger partial charge in [0, 0.05) is 45.5 Å². The molecule has 0 aliphatic heterocycles. The molecule has 3 N–H and O–H groups in total. The van der Waals surface area contributed by atoms with Crippen molar-refractivity contribution in [1.29, 1.82) is 0 Å². The van der Waals surface area contributed by atoms with Crippen molar-refractivity contribution in [3.8, 4) is 0 Å². The van der Waals surface area contributed by atoms with Crippen LogP contribution in [-0.2, 0) is 4.74 Å². The monoisotopic (exact) mass is 388 g/mol. The van der Waals surface area contributed by atoms with Gasteiger partial charge >= 0.3 is 0 Å². The van der Waals surface area contributed by atoms with Crippen molar-refractivity contribution in [2.75, 3.05) is 39.9 Å². The van der Waals surface area contributed by atoms with E-state index < -0.39 is 0 Å². The molecule has 1 aliphatic rings. The summed E-state index contributed by atoms with van der Waals surface area (Å²) in [5.74, 6) is 0.771. The van der Waals surface area contributed by atoms with E-state index in [9.17, 15) is 4.79 Å². The molecule has 0 saturated heterocycles. The number of carbonyl (C=O) groups excluding carboxylic acids is 1. The Labute approximate surface area is 169 Å². The van der Waals surface area contributed by atoms with Crippen molar-refractivity contribution in [2.45, 2.75) is 46.0 Å². The lowest BCUT2D eigenvalue weighted by Gasteiger charge is -2.27. The number of aryl methyl sites for hydroxylation is 1. The van der Waals surface area contributed by atoms with Crippen LogP contribution in [0.4, 0.5) is 0 Å². The Bertz CT molecular complexity index is 639. The minimum atomic E-state index is -0.0445. The van der Waals surface area contributed by atoms with E-state index in [4.69, 9.17) is 9.73 Å². The molecule has 1 saturated carbocycles. The highest BCUT2D eigenvalue weighted by Crippen LogP contribution is 2.41. The number of amides is 1. The SMILES string of the molecule is CCNC(=NCC1(CCOC)CCCC1)NCCNC(=O)c1cccc(C)c1. The number of methoxy groups -OCH3 is 1. The molecule has 0 radical (unpaired) electrons. The minimum Gasteiger partial charge on any atom is -0.385 e. The van der Waals surface area contributed by atoms with Crippen LogP contribution < -0.4 is 16.0 Å². The molecule has 0 spiro atoms. The Kier molecular flexibility index (Phi) is 9.28. The first kappa shape index (κ1) is 22.2. The second-order valence-electron chi connectivity index (χ2n) is 7.70. The molecule has 1 fully saturated rings. The molecule has 28 heavy (non-hydrogen) atoms. The van der Waals surface area contributed by atoms with Gasteiger partial charge in [-0.1, -0.05) is 30.5 Å². The van der Waals surface area contributed by atoms with Crippen LogP contribution in [0.1, 0.15) is 54.9 Å². The Morgan fingerprint density at radius 3 is 2.61 bits per heavy atom. The van der Waals surface area contributed by atoms with Gasteiger partial charge in [0.1, 0.15) is 0 Å². The second kappa shape index (κ2) is 11.7. The number of nitrogens with one attached hydrogen (secondary N) is 3. The number of benzene rings is 1. The summed E-state index contributed by atoms with van der Waals surface area (Å²) in [6, 6.07) is 7.62. The van der Waals surface area contributed by atoms with Gasteiger partial charge in [0.05, 0.1) is 0 Å². The lowest BCUT2D eigenvalue weighted by Crippen LogP contribution is -2.42. The van der Waals surface area contributed by atoms with Crippen molar-refractivity contribution in [3.63, 3.8) is 0 Å². The quantitative estimate of drug-likeness (QED) is 0.327. The average molecular weight is 389 g/mol. The summed E-state index contributed by atoms with van der Waals surface area (Å²) in [7, 11) is 1.77. The average Bonchev–Trinajstić information content (AvgIpc) is 3.16. The largest absolute Gasteiger partial charge is 0.385 e. The number of hydrogen-bond donors (Lipinski definition) is 3. The fraction of sp³-hybridized carbons (Fsp3) is 0.636. The predicted octanol–water partition coefficient (Wildman–Crippen LogP) is 2.88. The molecule has 2 rings (SSSR count). The van der Waals surface area contributed by atoms with Gasteiger partial charge in [-0.3, -0.25) is 9.79 Å². The van der Waals surface area contributed by atoms with E-state index >= 15 is 0 Å². The van der Waals surface area contributed by atoms with E-state index in [2.05, 4.69) is 22.9 Å². The third-order valence-electron chi connectivity index (χ3n) is 5.40. The van der Waals surface area contributed by atoms with Gasteiger partial charge in [-0.2, -0.15) is 0 Å². The molecule has 0 bridgehead atoms. The van der Waals surface area contributed by atoms with Crippen molar-refractivity contribution < 1.29 is 9.53 Å². The van der Waals surface area contributed by atoms with Crippen LogP contribution in [0.3, 0.4) is 0 Å². The van der Waals surface area contributed by atoms with E-state index in [1.807, 2.05) is 31.2 Å². The number of aliphatic imine (C=N–C) groups is 1. The molecule has 1 aromatic rings. The topological polar surface area (TPSA) is 74.8 Å². The fourth-order valence-electron chi connectivity index (χ4n) is 3.76. The molecule has 0 aromatic heterocycles. The molecule has 0 atom stereocenters. The van der Waals surface area contributed by atoms with Crippen LogP contribution in [0.15, 0.2) is 29.3 Å². The van der Waals surface area contributed by atoms with Crippen LogP contribution in [0, 0.1) is 12.3 Å². The Balaban J connectivity index is 1.81. The number of ether oxygens (including phenoxy) is 1. The van der Waals surface area contributed by atoms with Gasteiger partial charge in [-0.25, -0.2) is 0 Å². The maximum Gasteiger partial charge on any atom is 0.251 e. The van der Waals surface area contributed by atoms with Gasteiger partial charge in [0.25, 0.3) is 5.91 Å². The van der Waals surface area contributed by atoms with E-state index in [0.717, 1.165) is 37.6 Å². The number of guanidine groups is 1. The summed E-state index contributed by atoms with van der Waals surface area (Å²) in [6.07, 6.45) is 6.10. The lowest BCUT2D eigenvalue weighted by molar-refractivity contribution is 0.0954. The Morgan fingerprint density at radius 2 is 1.93 bits per heavy atom. The molecular formula is C22H36N4O2. The van der Waals surface area contributed by atoms with Gasteiger partial charge in [0.15, 0.2) is 5.96 Å². The minimum absolute atomic E-state index is 0.0445. The zero-order valence-corrected chi connectivity index (χ0v) is 17.6. The van der Waals surface area contributed by atoms with Crippen molar-refractivity contribution >= 4 is 11.9 Å². The van der Waals surface area contributed by atoms with Gasteiger partial charge in [-0.05, 0) is 50.7 Å². The second-order valence-corrected chi connectivity index (χ2v) is 7.70. The van der Waals surface area contributed by atoms with E-state index in [1.165, 1.54) is 25.7 Å². The number of hydrogen-bond acceptors (Lipinski definition) is 3. The highest BCUT2D eigenvalue weighted by Gasteiger charge is 2.33. The van der Waals surface area contributed by atoms with E-state index in [-0.39, 0.29) is 11.3 Å². The van der Waals surface area contributed by atoms with Crippen LogP contribution in [0.5, 0.6) is 0 Å². The standard InChI is InChI=1S/C22H36N4O2/c1-4-23-21(26-17-22(12-15-28-3)10-5-6-11-22)25-14-13-24-20(27)19-9-7-8-18(2)16-19/h7-9,16H,4-6,10-15,17H2,1-3H3,(H,24,27)(H2,23,25,26). The molecule has 1 aliphatic carbocycles. The van der Waals surface area contributed by atoms with E-state index in [1.54, 1.807) is 7.11 Å². The van der Waals surface area contributed by atoms with Crippen LogP contribution in [0.25, 0.3) is 0 Å². The third-order valence-corrected chi connectivity index (χ3v) is 5.40. The summed E-state index contributed by atoms with van der Waals surface area (Å²) in [5.41, 5.74) is 2.06. The Hall–Kier alpha value is -2.08. The maximum atomic E-state index is 12.2. The number of carbonyl (C=O) groups is 1. The first-order valence-electron chi connectivity index (χ1n) is 10.4. The highest BCUT2D eigenvalue weighted by molar-refractivity contribution is 5.94. The molecule has 6 nitrogen and oxygen atoms in total. The zero-order chi connectivity index (χ0) is 20.2. The highest BCUT2D eigenvalue weighted by atomic mass is 16.5. The van der Waals surface area contributed by atoms with Crippen molar-refractivity contribution in [1.82, 2.24) is 16.0 Å². The van der Waals surface area contributed by atoms with E-state index in [0.29, 0.717) is 18.7 Å². The van der Waals surface area contributed by atoms with Gasteiger partial charge in [0.2, 0.25) is 0 Å². The van der Waals surface area contributed by atoms with Crippen LogP contribution in [-0.4, -0.2) is 51.8 Å². The molecule has 156 valence electrons. The summed E-state index contributed by atoms with van der Waals surface area (Å²) >= 11 is 0. The predicted molar refractivity (Wildman–Crippen MR) is 115 cm³/mol. The fourth-order valence-corrected chi connectivity index (χ4v) is 3.76. The zero-order valence-electron chi connectivity index (χ0n) is 17.6. The summed E-state index contributed by atoms with van der Waals surface area (Å²) in [4.78, 5) is 17.0. The smallest absolute Gasteiger partial charge is 0.251 e. The molecule has 1 aromatic carbocycles. The third kappa shape index (κ3) is 7.15. The maximum absolute atomic E-state index is 12.2. The molecule has 1 amide bonds. The summed E-state index contributed by atoms with van der Waals surface area (Å²) < 4.78 is 5.31. The van der Waals surface area contributed by atoms with Gasteiger partial charge < -0.3 is 20.7 Å².